The summed E-state index contributed by atoms with van der Waals surface area (Å²) in [7, 11) is 0. The number of para-hydroxylation sites is 2. The summed E-state index contributed by atoms with van der Waals surface area (Å²) < 4.78 is 3.94. The third-order valence-corrected chi connectivity index (χ3v) is 9.19. The molecule has 1 aromatic heterocycles. The molecule has 1 saturated heterocycles. The van der Waals surface area contributed by atoms with Crippen LogP contribution >= 0.6 is 11.6 Å². The van der Waals surface area contributed by atoms with Gasteiger partial charge in [-0.2, -0.15) is 0 Å². The van der Waals surface area contributed by atoms with Crippen LogP contribution in [0.5, 0.6) is 5.75 Å². The van der Waals surface area contributed by atoms with Crippen molar-refractivity contribution in [3.05, 3.63) is 122 Å². The monoisotopic (exact) mass is 568 g/mol. The fourth-order valence-electron chi connectivity index (χ4n) is 6.99. The molecule has 3 aromatic carbocycles. The van der Waals surface area contributed by atoms with E-state index in [1.165, 1.54) is 26.4 Å². The number of anilines is 1. The maximum atomic E-state index is 14.3. The first-order valence-corrected chi connectivity index (χ1v) is 13.7. The van der Waals surface area contributed by atoms with Crippen LogP contribution in [0.4, 0.5) is 5.69 Å². The van der Waals surface area contributed by atoms with Gasteiger partial charge in [-0.05, 0) is 60.9 Å². The molecule has 4 atom stereocenters. The summed E-state index contributed by atoms with van der Waals surface area (Å²) in [6.45, 7) is 1.89. The number of aromatic hydroxyl groups is 1. The Bertz CT molecular complexity index is 1890. The van der Waals surface area contributed by atoms with Crippen molar-refractivity contribution in [1.82, 2.24) is 13.9 Å². The standard InChI is InChI=1S/C31H25ClN4O5/c1-31-23(27(38)34(28(31)39)18-8-4-2-5-9-18)17-25-22(26(31)21-13-12-20(37)16-24(21)32)14-15-33-29(40)35(30(41)36(25)33)19-10-6-3-7-11-19/h2-14,16,23,25-26,37H,15,17H2,1H3/t23-,25+,26-,31+/m0/s1. The van der Waals surface area contributed by atoms with E-state index in [4.69, 9.17) is 11.6 Å². The number of amides is 2. The second kappa shape index (κ2) is 8.94. The number of carbonyl (C=O) groups excluding carboxylic acids is 2. The van der Waals surface area contributed by atoms with Crippen LogP contribution in [-0.2, 0) is 16.1 Å². The zero-order valence-corrected chi connectivity index (χ0v) is 22.7. The Kier molecular flexibility index (Phi) is 5.53. The van der Waals surface area contributed by atoms with Crippen molar-refractivity contribution in [2.45, 2.75) is 31.8 Å². The molecule has 0 unspecified atom stereocenters. The third-order valence-electron chi connectivity index (χ3n) is 8.86. The molecule has 41 heavy (non-hydrogen) atoms. The largest absolute Gasteiger partial charge is 0.508 e. The van der Waals surface area contributed by atoms with E-state index in [0.29, 0.717) is 16.9 Å². The van der Waals surface area contributed by atoms with Gasteiger partial charge in [0.05, 0.1) is 35.3 Å². The minimum Gasteiger partial charge on any atom is -0.508 e. The molecule has 206 valence electrons. The van der Waals surface area contributed by atoms with Crippen LogP contribution in [0, 0.1) is 11.3 Å². The van der Waals surface area contributed by atoms with E-state index >= 15 is 0 Å². The topological polar surface area (TPSA) is 107 Å². The minimum atomic E-state index is -1.23. The van der Waals surface area contributed by atoms with Crippen molar-refractivity contribution in [2.24, 2.45) is 11.3 Å². The Morgan fingerprint density at radius 3 is 2.20 bits per heavy atom. The summed E-state index contributed by atoms with van der Waals surface area (Å²) in [5, 5.41) is 10.3. The maximum Gasteiger partial charge on any atom is 0.352 e. The molecule has 0 radical (unpaired) electrons. The smallest absolute Gasteiger partial charge is 0.352 e. The minimum absolute atomic E-state index is 0.0323. The first-order chi connectivity index (χ1) is 19.7. The van der Waals surface area contributed by atoms with E-state index in [9.17, 15) is 24.3 Å². The van der Waals surface area contributed by atoms with Crippen molar-refractivity contribution in [3.8, 4) is 11.4 Å². The van der Waals surface area contributed by atoms with Crippen molar-refractivity contribution < 1.29 is 14.7 Å². The summed E-state index contributed by atoms with van der Waals surface area (Å²) in [5.41, 5.74) is -0.0229. The highest BCUT2D eigenvalue weighted by Gasteiger charge is 2.65. The lowest BCUT2D eigenvalue weighted by molar-refractivity contribution is -0.129. The number of fused-ring (bicyclic) bond motifs is 4. The molecule has 2 amide bonds. The number of carbonyl (C=O) groups is 2. The molecule has 0 spiro atoms. The molecular weight excluding hydrogens is 544 g/mol. The van der Waals surface area contributed by atoms with Crippen LogP contribution in [0.2, 0.25) is 5.02 Å². The maximum absolute atomic E-state index is 14.3. The molecule has 2 aliphatic heterocycles. The SMILES string of the molecule is C[C@@]12C(=O)N(c3ccccc3)C(=O)[C@@H]1C[C@@H]1C(=CCn3c(=O)n(-c4ccccc4)c(=O)n31)[C@@H]2c1ccc(O)cc1Cl. The van der Waals surface area contributed by atoms with Gasteiger partial charge >= 0.3 is 11.4 Å². The lowest BCUT2D eigenvalue weighted by Gasteiger charge is -2.47. The molecule has 1 aliphatic carbocycles. The molecule has 9 nitrogen and oxygen atoms in total. The molecule has 1 N–H and O–H groups in total. The lowest BCUT2D eigenvalue weighted by Crippen LogP contribution is -2.49. The Balaban J connectivity index is 1.46. The number of aromatic nitrogens is 3. The average molecular weight is 569 g/mol. The quantitative estimate of drug-likeness (QED) is 0.297. The van der Waals surface area contributed by atoms with Crippen molar-refractivity contribution >= 4 is 29.1 Å². The van der Waals surface area contributed by atoms with E-state index < -0.39 is 34.7 Å². The van der Waals surface area contributed by atoms with E-state index in [1.807, 2.05) is 12.1 Å². The Morgan fingerprint density at radius 2 is 1.54 bits per heavy atom. The number of allylic oxidation sites excluding steroid dienone is 2. The van der Waals surface area contributed by atoms with Gasteiger partial charge in [-0.15, -0.1) is 0 Å². The molecule has 4 aromatic rings. The van der Waals surface area contributed by atoms with Gasteiger partial charge in [-0.1, -0.05) is 60.1 Å². The molecule has 10 heteroatoms. The van der Waals surface area contributed by atoms with E-state index in [-0.39, 0.29) is 35.6 Å². The number of phenols is 1. The highest BCUT2D eigenvalue weighted by atomic mass is 35.5. The fraction of sp³-hybridized carbons (Fsp3) is 0.226. The number of nitrogens with zero attached hydrogens (tertiary/aromatic N) is 4. The molecular formula is C31H25ClN4O5. The van der Waals surface area contributed by atoms with Crippen molar-refractivity contribution in [3.63, 3.8) is 0 Å². The van der Waals surface area contributed by atoms with Crippen molar-refractivity contribution in [2.75, 3.05) is 4.90 Å². The highest BCUT2D eigenvalue weighted by molar-refractivity contribution is 6.32. The number of hydrogen-bond donors (Lipinski definition) is 1. The van der Waals surface area contributed by atoms with E-state index in [1.54, 1.807) is 67.6 Å². The zero-order chi connectivity index (χ0) is 28.6. The Labute approximate surface area is 239 Å². The predicted molar refractivity (Wildman–Crippen MR) is 152 cm³/mol. The van der Waals surface area contributed by atoms with Gasteiger partial charge in [0.2, 0.25) is 11.8 Å². The van der Waals surface area contributed by atoms with E-state index in [0.717, 1.165) is 10.1 Å². The Hall–Kier alpha value is -4.63. The van der Waals surface area contributed by atoms with E-state index in [2.05, 4.69) is 0 Å². The normalized spacial score (nSPS) is 25.0. The van der Waals surface area contributed by atoms with Gasteiger partial charge in [0.1, 0.15) is 5.75 Å². The summed E-state index contributed by atoms with van der Waals surface area (Å²) >= 11 is 6.70. The zero-order valence-electron chi connectivity index (χ0n) is 22.0. The number of benzene rings is 3. The first kappa shape index (κ1) is 25.3. The second-order valence-corrected chi connectivity index (χ2v) is 11.3. The first-order valence-electron chi connectivity index (χ1n) is 13.3. The lowest BCUT2D eigenvalue weighted by atomic mass is 9.56. The van der Waals surface area contributed by atoms with Crippen LogP contribution in [0.25, 0.3) is 5.69 Å². The van der Waals surface area contributed by atoms with Crippen LogP contribution in [0.15, 0.2) is 100 Å². The predicted octanol–water partition coefficient (Wildman–Crippen LogP) is 4.02. The van der Waals surface area contributed by atoms with Gasteiger partial charge in [-0.3, -0.25) is 9.59 Å². The van der Waals surface area contributed by atoms with Crippen molar-refractivity contribution in [1.29, 1.82) is 0 Å². The molecule has 1 saturated carbocycles. The molecule has 7 rings (SSSR count). The van der Waals surface area contributed by atoms with Crippen LogP contribution in [0.1, 0.15) is 30.9 Å². The average Bonchev–Trinajstić information content (AvgIpc) is 3.34. The molecule has 3 aliphatic rings. The van der Waals surface area contributed by atoms with Gasteiger partial charge in [0.25, 0.3) is 0 Å². The number of imide groups is 1. The number of phenolic OH excluding ortho intramolecular Hbond substituents is 1. The fourth-order valence-corrected chi connectivity index (χ4v) is 7.28. The number of halogens is 1. The Morgan fingerprint density at radius 1 is 0.878 bits per heavy atom. The van der Waals surface area contributed by atoms with Crippen LogP contribution in [-0.4, -0.2) is 30.9 Å². The summed E-state index contributed by atoms with van der Waals surface area (Å²) in [6.07, 6.45) is 2.03. The van der Waals surface area contributed by atoms with Gasteiger partial charge in [0, 0.05) is 10.9 Å². The van der Waals surface area contributed by atoms with Crippen LogP contribution < -0.4 is 16.3 Å². The molecule has 2 fully saturated rings. The van der Waals surface area contributed by atoms with Gasteiger partial charge in [-0.25, -0.2) is 28.4 Å². The molecule has 3 heterocycles. The summed E-state index contributed by atoms with van der Waals surface area (Å²) in [6, 6.07) is 21.4. The van der Waals surface area contributed by atoms with Crippen LogP contribution in [0.3, 0.4) is 0 Å². The third kappa shape index (κ3) is 3.42. The van der Waals surface area contributed by atoms with Gasteiger partial charge < -0.3 is 5.11 Å². The molecule has 0 bridgehead atoms. The second-order valence-electron chi connectivity index (χ2n) is 10.9. The summed E-state index contributed by atoms with van der Waals surface area (Å²) in [4.78, 5) is 57.0. The number of rotatable bonds is 3. The summed E-state index contributed by atoms with van der Waals surface area (Å²) in [5.74, 6) is -2.25. The number of hydrogen-bond acceptors (Lipinski definition) is 5. The van der Waals surface area contributed by atoms with Gasteiger partial charge in [0.15, 0.2) is 0 Å². The highest BCUT2D eigenvalue weighted by Crippen LogP contribution is 2.62.